The molecule has 10 nitrogen and oxygen atoms in total. The molecule has 6 aromatic rings. The summed E-state index contributed by atoms with van der Waals surface area (Å²) in [6.07, 6.45) is 9.49. The molecule has 0 aliphatic rings. The number of benzene rings is 4. The van der Waals surface area contributed by atoms with E-state index >= 15 is 0 Å². The standard InChI is InChI=1S/C42H42N4O6/c1-21(2)31-27-15-23(5)33(39(49)35(27)29(37(47)41(31)51)19-45-17-25-7-11-43-12-8-25)34-24(6)16-28-32(22(3)4)42(52)38(48)30(36(28)40(34)50)20-46-18-26-9-13-44-14-10-26/h7-16,19-22,47-52H,17-18H2,1-6H3. The van der Waals surface area contributed by atoms with Gasteiger partial charge in [-0.25, -0.2) is 0 Å². The molecule has 2 aromatic heterocycles. The van der Waals surface area contributed by atoms with Crippen molar-refractivity contribution in [1.29, 1.82) is 0 Å². The Morgan fingerprint density at radius 1 is 0.538 bits per heavy atom. The van der Waals surface area contributed by atoms with Crippen LogP contribution in [-0.2, 0) is 13.1 Å². The van der Waals surface area contributed by atoms with Gasteiger partial charge in [-0.2, -0.15) is 0 Å². The quantitative estimate of drug-likeness (QED) is 0.0642. The van der Waals surface area contributed by atoms with Gasteiger partial charge in [0.2, 0.25) is 0 Å². The molecule has 0 amide bonds. The molecule has 10 heteroatoms. The van der Waals surface area contributed by atoms with Crippen molar-refractivity contribution in [2.24, 2.45) is 9.98 Å². The largest absolute Gasteiger partial charge is 0.507 e. The van der Waals surface area contributed by atoms with E-state index in [0.29, 0.717) is 44.2 Å². The Morgan fingerprint density at radius 3 is 1.21 bits per heavy atom. The molecule has 266 valence electrons. The molecule has 0 saturated heterocycles. The molecule has 6 rings (SSSR count). The second-order valence-electron chi connectivity index (χ2n) is 13.7. The first kappa shape index (κ1) is 35.7. The van der Waals surface area contributed by atoms with E-state index in [1.54, 1.807) is 38.6 Å². The van der Waals surface area contributed by atoms with Gasteiger partial charge in [0.25, 0.3) is 0 Å². The SMILES string of the molecule is Cc1cc2c(C(C)C)c(O)c(O)c(C=NCc3ccncc3)c2c(O)c1-c1c(C)cc2c(C(C)C)c(O)c(O)c(C=NCc3ccncc3)c2c1O. The lowest BCUT2D eigenvalue weighted by Gasteiger charge is -2.23. The number of nitrogens with zero attached hydrogens (tertiary/aromatic N) is 4. The molecular formula is C42H42N4O6. The van der Waals surface area contributed by atoms with Crippen molar-refractivity contribution in [3.05, 3.63) is 106 Å². The monoisotopic (exact) mass is 698 g/mol. The Morgan fingerprint density at radius 2 is 0.885 bits per heavy atom. The third kappa shape index (κ3) is 6.21. The lowest BCUT2D eigenvalue weighted by molar-refractivity contribution is 0.398. The Bertz CT molecular complexity index is 2220. The fraction of sp³-hybridized carbons (Fsp3) is 0.238. The van der Waals surface area contributed by atoms with Crippen molar-refractivity contribution in [2.75, 3.05) is 0 Å². The summed E-state index contributed by atoms with van der Waals surface area (Å²) in [5.74, 6) is -2.34. The van der Waals surface area contributed by atoms with Crippen LogP contribution in [0.4, 0.5) is 0 Å². The van der Waals surface area contributed by atoms with Gasteiger partial charge in [-0.3, -0.25) is 20.0 Å². The van der Waals surface area contributed by atoms with Crippen LogP contribution in [-0.4, -0.2) is 53.0 Å². The van der Waals surface area contributed by atoms with E-state index in [1.807, 2.05) is 64.1 Å². The normalized spacial score (nSPS) is 12.1. The molecule has 0 aliphatic carbocycles. The van der Waals surface area contributed by atoms with Crippen molar-refractivity contribution in [3.8, 4) is 45.6 Å². The fourth-order valence-corrected chi connectivity index (χ4v) is 7.09. The molecule has 4 aromatic carbocycles. The first-order chi connectivity index (χ1) is 24.8. The topological polar surface area (TPSA) is 172 Å². The van der Waals surface area contributed by atoms with E-state index in [-0.39, 0.29) is 69.8 Å². The predicted molar refractivity (Wildman–Crippen MR) is 206 cm³/mol. The Hall–Kier alpha value is -6.16. The second-order valence-corrected chi connectivity index (χ2v) is 13.7. The number of hydrogen-bond donors (Lipinski definition) is 6. The summed E-state index contributed by atoms with van der Waals surface area (Å²) in [5, 5.41) is 71.4. The molecule has 0 spiro atoms. The van der Waals surface area contributed by atoms with Crippen molar-refractivity contribution in [1.82, 2.24) is 9.97 Å². The number of fused-ring (bicyclic) bond motifs is 2. The average molecular weight is 699 g/mol. The number of aliphatic imine (C=N–C) groups is 2. The van der Waals surface area contributed by atoms with Crippen LogP contribution in [0.25, 0.3) is 32.7 Å². The van der Waals surface area contributed by atoms with E-state index in [2.05, 4.69) is 20.0 Å². The van der Waals surface area contributed by atoms with Gasteiger partial charge in [0.15, 0.2) is 23.0 Å². The number of aryl methyl sites for hydroxylation is 2. The van der Waals surface area contributed by atoms with Crippen molar-refractivity contribution in [2.45, 2.75) is 66.5 Å². The zero-order chi connectivity index (χ0) is 37.4. The summed E-state index contributed by atoms with van der Waals surface area (Å²) < 4.78 is 0. The number of aromatic nitrogens is 2. The highest BCUT2D eigenvalue weighted by atomic mass is 16.3. The van der Waals surface area contributed by atoms with E-state index in [1.165, 1.54) is 12.4 Å². The number of phenolic OH excluding ortho intramolecular Hbond substituents is 6. The highest BCUT2D eigenvalue weighted by Gasteiger charge is 2.29. The van der Waals surface area contributed by atoms with E-state index in [9.17, 15) is 30.6 Å². The van der Waals surface area contributed by atoms with Crippen molar-refractivity contribution in [3.63, 3.8) is 0 Å². The number of phenols is 6. The van der Waals surface area contributed by atoms with Gasteiger partial charge in [-0.15, -0.1) is 0 Å². The molecule has 0 radical (unpaired) electrons. The number of aromatic hydroxyl groups is 6. The maximum atomic E-state index is 12.3. The van der Waals surface area contributed by atoms with E-state index in [0.717, 1.165) is 11.1 Å². The van der Waals surface area contributed by atoms with Crippen LogP contribution in [0, 0.1) is 13.8 Å². The highest BCUT2D eigenvalue weighted by Crippen LogP contribution is 2.54. The molecule has 0 aliphatic heterocycles. The van der Waals surface area contributed by atoms with Crippen LogP contribution in [0.15, 0.2) is 71.2 Å². The van der Waals surface area contributed by atoms with Gasteiger partial charge in [0.05, 0.1) is 13.1 Å². The molecule has 0 bridgehead atoms. The van der Waals surface area contributed by atoms with Crippen molar-refractivity contribution < 1.29 is 30.6 Å². The van der Waals surface area contributed by atoms with Gasteiger partial charge in [0, 0.05) is 81.4 Å². The summed E-state index contributed by atoms with van der Waals surface area (Å²) in [7, 11) is 0. The van der Waals surface area contributed by atoms with Gasteiger partial charge < -0.3 is 30.6 Å². The summed E-state index contributed by atoms with van der Waals surface area (Å²) in [6.45, 7) is 11.7. The first-order valence-electron chi connectivity index (χ1n) is 17.1. The Labute approximate surface area is 301 Å². The third-order valence-corrected chi connectivity index (χ3v) is 9.48. The number of hydrogen-bond acceptors (Lipinski definition) is 10. The molecule has 6 N–H and O–H groups in total. The molecule has 52 heavy (non-hydrogen) atoms. The zero-order valence-electron chi connectivity index (χ0n) is 30.0. The smallest absolute Gasteiger partial charge is 0.167 e. The minimum Gasteiger partial charge on any atom is -0.507 e. The van der Waals surface area contributed by atoms with Crippen molar-refractivity contribution >= 4 is 34.0 Å². The summed E-state index contributed by atoms with van der Waals surface area (Å²) >= 11 is 0. The molecule has 0 unspecified atom stereocenters. The van der Waals surface area contributed by atoms with E-state index < -0.39 is 11.5 Å². The minimum atomic E-state index is -0.422. The van der Waals surface area contributed by atoms with Gasteiger partial charge >= 0.3 is 0 Å². The molecule has 2 heterocycles. The van der Waals surface area contributed by atoms with Gasteiger partial charge in [0.1, 0.15) is 11.5 Å². The maximum absolute atomic E-state index is 12.3. The third-order valence-electron chi connectivity index (χ3n) is 9.48. The van der Waals surface area contributed by atoms with Crippen LogP contribution < -0.4 is 0 Å². The maximum Gasteiger partial charge on any atom is 0.167 e. The molecule has 0 fully saturated rings. The van der Waals surface area contributed by atoms with Gasteiger partial charge in [-0.1, -0.05) is 39.8 Å². The van der Waals surface area contributed by atoms with Gasteiger partial charge in [-0.05, 0) is 83.0 Å². The summed E-state index contributed by atoms with van der Waals surface area (Å²) in [4.78, 5) is 17.1. The summed E-state index contributed by atoms with van der Waals surface area (Å²) in [6, 6.07) is 10.9. The fourth-order valence-electron chi connectivity index (χ4n) is 7.09. The van der Waals surface area contributed by atoms with Crippen LogP contribution in [0.3, 0.4) is 0 Å². The zero-order valence-corrected chi connectivity index (χ0v) is 30.0. The van der Waals surface area contributed by atoms with Crippen LogP contribution >= 0.6 is 0 Å². The summed E-state index contributed by atoms with van der Waals surface area (Å²) in [5.41, 5.74) is 4.70. The highest BCUT2D eigenvalue weighted by molar-refractivity contribution is 6.15. The molecule has 0 saturated carbocycles. The lowest BCUT2D eigenvalue weighted by Crippen LogP contribution is -2.01. The average Bonchev–Trinajstić information content (AvgIpc) is 3.10. The Balaban J connectivity index is 1.66. The predicted octanol–water partition coefficient (Wildman–Crippen LogP) is 8.79. The van der Waals surface area contributed by atoms with Crippen LogP contribution in [0.1, 0.15) is 84.0 Å². The second kappa shape index (κ2) is 14.2. The number of pyridine rings is 2. The first-order valence-corrected chi connectivity index (χ1v) is 17.1. The lowest BCUT2D eigenvalue weighted by atomic mass is 9.83. The van der Waals surface area contributed by atoms with E-state index in [4.69, 9.17) is 0 Å². The van der Waals surface area contributed by atoms with Crippen LogP contribution in [0.2, 0.25) is 0 Å². The molecular weight excluding hydrogens is 656 g/mol. The Kier molecular flexibility index (Phi) is 9.75. The minimum absolute atomic E-state index is 0.122. The number of rotatable bonds is 9. The van der Waals surface area contributed by atoms with Crippen LogP contribution in [0.5, 0.6) is 34.5 Å². The molecule has 0 atom stereocenters.